The Labute approximate surface area is 211 Å². The van der Waals surface area contributed by atoms with Gasteiger partial charge in [0.2, 0.25) is 5.91 Å². The van der Waals surface area contributed by atoms with Crippen LogP contribution in [0.15, 0.2) is 24.3 Å². The minimum Gasteiger partial charge on any atom is -0.465 e. The molecule has 0 spiro atoms. The van der Waals surface area contributed by atoms with E-state index in [2.05, 4.69) is 10.2 Å². The zero-order valence-corrected chi connectivity index (χ0v) is 22.3. The van der Waals surface area contributed by atoms with Crippen LogP contribution in [0.25, 0.3) is 0 Å². The third-order valence-corrected chi connectivity index (χ3v) is 7.46. The van der Waals surface area contributed by atoms with Crippen LogP contribution in [0.2, 0.25) is 0 Å². The average molecular weight is 514 g/mol. The highest BCUT2D eigenvalue weighted by Crippen LogP contribution is 2.21. The molecule has 0 saturated carbocycles. The van der Waals surface area contributed by atoms with Crippen molar-refractivity contribution in [2.45, 2.75) is 38.4 Å². The Morgan fingerprint density at radius 1 is 1.09 bits per heavy atom. The molecule has 1 saturated heterocycles. The number of nitrogens with one attached hydrogen (secondary N) is 1. The third kappa shape index (κ3) is 12.7. The largest absolute Gasteiger partial charge is 0.465 e. The first-order chi connectivity index (χ1) is 16.4. The zero-order valence-electron chi connectivity index (χ0n) is 20.6. The molecule has 1 aliphatic rings. The van der Waals surface area contributed by atoms with Crippen molar-refractivity contribution in [3.63, 3.8) is 0 Å². The molecule has 0 aliphatic carbocycles. The van der Waals surface area contributed by atoms with Gasteiger partial charge in [-0.2, -0.15) is 0 Å². The molecule has 10 heteroatoms. The van der Waals surface area contributed by atoms with Crippen LogP contribution in [0.3, 0.4) is 0 Å². The topological polar surface area (TPSA) is 80.3 Å². The second-order valence-corrected chi connectivity index (χ2v) is 11.1. The zero-order chi connectivity index (χ0) is 24.6. The highest BCUT2D eigenvalue weighted by atomic mass is 33.1. The van der Waals surface area contributed by atoms with Gasteiger partial charge in [-0.05, 0) is 57.6 Å². The number of carbonyl (C=O) groups excluding carboxylic acids is 2. The van der Waals surface area contributed by atoms with Crippen molar-refractivity contribution < 1.29 is 23.8 Å². The van der Waals surface area contributed by atoms with Gasteiger partial charge in [0, 0.05) is 38.1 Å². The van der Waals surface area contributed by atoms with Crippen LogP contribution in [0, 0.1) is 0 Å². The van der Waals surface area contributed by atoms with E-state index < -0.39 is 0 Å². The fourth-order valence-electron chi connectivity index (χ4n) is 3.23. The van der Waals surface area contributed by atoms with Gasteiger partial charge in [-0.1, -0.05) is 33.7 Å². The monoisotopic (exact) mass is 513 g/mol. The summed E-state index contributed by atoms with van der Waals surface area (Å²) in [7, 11) is 9.09. The maximum Gasteiger partial charge on any atom is 0.409 e. The number of benzene rings is 1. The summed E-state index contributed by atoms with van der Waals surface area (Å²) in [5, 5.41) is 2.94. The van der Waals surface area contributed by atoms with Crippen molar-refractivity contribution in [2.75, 3.05) is 65.5 Å². The summed E-state index contributed by atoms with van der Waals surface area (Å²) in [5.41, 5.74) is 0.949. The molecule has 0 aromatic heterocycles. The Bertz CT molecular complexity index is 715. The molecule has 1 heterocycles. The van der Waals surface area contributed by atoms with E-state index in [9.17, 15) is 9.59 Å². The lowest BCUT2D eigenvalue weighted by atomic mass is 10.1. The summed E-state index contributed by atoms with van der Waals surface area (Å²) < 4.78 is 16.7. The van der Waals surface area contributed by atoms with E-state index in [1.54, 1.807) is 33.5 Å². The van der Waals surface area contributed by atoms with Crippen molar-refractivity contribution in [2.24, 2.45) is 0 Å². The summed E-state index contributed by atoms with van der Waals surface area (Å²) >= 11 is 0. The maximum absolute atomic E-state index is 12.2. The predicted molar refractivity (Wildman–Crippen MR) is 139 cm³/mol. The molecular weight excluding hydrogens is 474 g/mol. The standard InChI is InChI=1S/C24H39N3O5S2/c1-26(2)13-6-14-27(3)24(29)31-16-18-34-33-17-12-25-22(28)19-20-8-10-21(11-9-20)32-23-7-4-5-15-30-23/h8-11,23H,4-7,12-19H2,1-3H3,(H,25,28). The number of hydrogen-bond acceptors (Lipinski definition) is 8. The van der Waals surface area contributed by atoms with Crippen molar-refractivity contribution in [1.29, 1.82) is 0 Å². The van der Waals surface area contributed by atoms with E-state index in [1.807, 2.05) is 38.4 Å². The Balaban J connectivity index is 1.46. The molecule has 2 amide bonds. The first-order valence-electron chi connectivity index (χ1n) is 11.8. The summed E-state index contributed by atoms with van der Waals surface area (Å²) in [4.78, 5) is 27.8. The van der Waals surface area contributed by atoms with Gasteiger partial charge >= 0.3 is 6.09 Å². The Hall–Kier alpha value is -1.62. The lowest BCUT2D eigenvalue weighted by Crippen LogP contribution is -2.30. The van der Waals surface area contributed by atoms with E-state index in [4.69, 9.17) is 14.2 Å². The van der Waals surface area contributed by atoms with Crippen molar-refractivity contribution >= 4 is 33.6 Å². The molecule has 34 heavy (non-hydrogen) atoms. The molecule has 1 unspecified atom stereocenters. The smallest absolute Gasteiger partial charge is 0.409 e. The molecule has 0 radical (unpaired) electrons. The summed E-state index contributed by atoms with van der Waals surface area (Å²) in [6.07, 6.45) is 3.96. The van der Waals surface area contributed by atoms with Gasteiger partial charge in [-0.25, -0.2) is 4.79 Å². The Kier molecular flexibility index (Phi) is 14.2. The highest BCUT2D eigenvalue weighted by molar-refractivity contribution is 8.76. The lowest BCUT2D eigenvalue weighted by Gasteiger charge is -2.23. The van der Waals surface area contributed by atoms with E-state index in [1.165, 1.54) is 0 Å². The van der Waals surface area contributed by atoms with Gasteiger partial charge in [-0.3, -0.25) is 4.79 Å². The van der Waals surface area contributed by atoms with Crippen LogP contribution in [0.5, 0.6) is 5.75 Å². The maximum atomic E-state index is 12.2. The van der Waals surface area contributed by atoms with Gasteiger partial charge in [-0.15, -0.1) is 0 Å². The number of hydrogen-bond donors (Lipinski definition) is 1. The van der Waals surface area contributed by atoms with E-state index >= 15 is 0 Å². The lowest BCUT2D eigenvalue weighted by molar-refractivity contribution is -0.120. The van der Waals surface area contributed by atoms with Gasteiger partial charge in [0.15, 0.2) is 6.29 Å². The van der Waals surface area contributed by atoms with Crippen molar-refractivity contribution in [1.82, 2.24) is 15.1 Å². The van der Waals surface area contributed by atoms with E-state index in [-0.39, 0.29) is 18.3 Å². The molecule has 1 aliphatic heterocycles. The molecule has 1 N–H and O–H groups in total. The quantitative estimate of drug-likeness (QED) is 0.281. The predicted octanol–water partition coefficient (Wildman–Crippen LogP) is 3.65. The summed E-state index contributed by atoms with van der Waals surface area (Å²) in [6.45, 7) is 3.37. The Morgan fingerprint density at radius 2 is 1.85 bits per heavy atom. The van der Waals surface area contributed by atoms with Crippen LogP contribution in [0.4, 0.5) is 4.79 Å². The average Bonchev–Trinajstić information content (AvgIpc) is 2.82. The number of rotatable bonds is 15. The fraction of sp³-hybridized carbons (Fsp3) is 0.667. The van der Waals surface area contributed by atoms with Gasteiger partial charge in [0.25, 0.3) is 0 Å². The molecule has 0 bridgehead atoms. The second kappa shape index (κ2) is 16.9. The third-order valence-electron chi connectivity index (χ3n) is 5.09. The molecule has 8 nitrogen and oxygen atoms in total. The van der Waals surface area contributed by atoms with Crippen LogP contribution in [0.1, 0.15) is 31.2 Å². The normalized spacial score (nSPS) is 15.7. The van der Waals surface area contributed by atoms with E-state index in [0.717, 1.165) is 61.7 Å². The molecule has 1 aromatic rings. The minimum absolute atomic E-state index is 0.00103. The summed E-state index contributed by atoms with van der Waals surface area (Å²) in [5.74, 6) is 2.28. The highest BCUT2D eigenvalue weighted by Gasteiger charge is 2.15. The molecule has 1 aromatic carbocycles. The molecule has 2 rings (SSSR count). The number of ether oxygens (including phenoxy) is 3. The second-order valence-electron chi connectivity index (χ2n) is 8.42. The number of carbonyl (C=O) groups is 2. The summed E-state index contributed by atoms with van der Waals surface area (Å²) in [6, 6.07) is 7.62. The van der Waals surface area contributed by atoms with Gasteiger partial charge in [0.05, 0.1) is 13.0 Å². The number of nitrogens with zero attached hydrogens (tertiary/aromatic N) is 2. The van der Waals surface area contributed by atoms with E-state index in [0.29, 0.717) is 26.1 Å². The first-order valence-corrected chi connectivity index (χ1v) is 14.3. The van der Waals surface area contributed by atoms with Crippen molar-refractivity contribution in [3.8, 4) is 5.75 Å². The van der Waals surface area contributed by atoms with Gasteiger partial charge < -0.3 is 29.3 Å². The number of amides is 2. The van der Waals surface area contributed by atoms with Crippen molar-refractivity contribution in [3.05, 3.63) is 29.8 Å². The minimum atomic E-state index is -0.279. The SMILES string of the molecule is CN(C)CCCN(C)C(=O)OCCSSCCNC(=O)Cc1ccc(OC2CCCCO2)cc1. The van der Waals surface area contributed by atoms with Crippen LogP contribution in [-0.4, -0.2) is 93.6 Å². The Morgan fingerprint density at radius 3 is 2.56 bits per heavy atom. The first kappa shape index (κ1) is 28.6. The molecule has 1 fully saturated rings. The van der Waals surface area contributed by atoms with Crippen LogP contribution >= 0.6 is 21.6 Å². The van der Waals surface area contributed by atoms with Crippen LogP contribution < -0.4 is 10.1 Å². The fourth-order valence-corrected chi connectivity index (χ4v) is 4.96. The van der Waals surface area contributed by atoms with Crippen LogP contribution in [-0.2, 0) is 20.7 Å². The molecule has 1 atom stereocenters. The van der Waals surface area contributed by atoms with Gasteiger partial charge in [0.1, 0.15) is 12.4 Å². The molecule has 192 valence electrons. The molecular formula is C24H39N3O5S2.